The minimum atomic E-state index is -0.386. The van der Waals surface area contributed by atoms with Gasteiger partial charge in [-0.2, -0.15) is 0 Å². The molecule has 1 N–H and O–H groups in total. The summed E-state index contributed by atoms with van der Waals surface area (Å²) in [5, 5.41) is 8.07. The zero-order valence-electron chi connectivity index (χ0n) is 14.5. The molecule has 2 heterocycles. The van der Waals surface area contributed by atoms with Gasteiger partial charge in [0.15, 0.2) is 0 Å². The van der Waals surface area contributed by atoms with Gasteiger partial charge in [0.1, 0.15) is 11.6 Å². The van der Waals surface area contributed by atoms with Crippen LogP contribution in [-0.4, -0.2) is 16.9 Å². The van der Waals surface area contributed by atoms with E-state index >= 15 is 0 Å². The molecule has 0 bridgehead atoms. The SMILES string of the molecule is CC(=O)NC(CC(=O)OCc1csc(-c2ccc(Cl)cc2)n1)c1cccs1. The maximum absolute atomic E-state index is 12.2. The molecule has 0 aliphatic heterocycles. The molecular formula is C19H17ClN2O3S2. The van der Waals surface area contributed by atoms with Gasteiger partial charge in [-0.1, -0.05) is 29.8 Å². The number of esters is 1. The van der Waals surface area contributed by atoms with Gasteiger partial charge in [0.05, 0.1) is 18.2 Å². The molecule has 5 nitrogen and oxygen atoms in total. The smallest absolute Gasteiger partial charge is 0.308 e. The minimum absolute atomic E-state index is 0.0777. The average molecular weight is 421 g/mol. The van der Waals surface area contributed by atoms with Crippen molar-refractivity contribution in [1.29, 1.82) is 0 Å². The molecule has 0 aliphatic rings. The first-order valence-electron chi connectivity index (χ1n) is 8.17. The van der Waals surface area contributed by atoms with Crippen molar-refractivity contribution < 1.29 is 14.3 Å². The molecule has 1 amide bonds. The van der Waals surface area contributed by atoms with Crippen molar-refractivity contribution in [2.75, 3.05) is 0 Å². The summed E-state index contributed by atoms with van der Waals surface area (Å²) in [6.45, 7) is 1.53. The Labute approximate surface area is 170 Å². The molecular weight excluding hydrogens is 404 g/mol. The lowest BCUT2D eigenvalue weighted by Crippen LogP contribution is -2.28. The first kappa shape index (κ1) is 19.5. The molecule has 3 aromatic rings. The highest BCUT2D eigenvalue weighted by Crippen LogP contribution is 2.26. The number of benzene rings is 1. The highest BCUT2D eigenvalue weighted by molar-refractivity contribution is 7.13. The van der Waals surface area contributed by atoms with Crippen molar-refractivity contribution in [1.82, 2.24) is 10.3 Å². The fourth-order valence-electron chi connectivity index (χ4n) is 2.44. The van der Waals surface area contributed by atoms with E-state index in [4.69, 9.17) is 16.3 Å². The van der Waals surface area contributed by atoms with Gasteiger partial charge in [-0.15, -0.1) is 22.7 Å². The number of hydrogen-bond acceptors (Lipinski definition) is 6. The second kappa shape index (κ2) is 9.12. The van der Waals surface area contributed by atoms with Crippen molar-refractivity contribution in [3.8, 4) is 10.6 Å². The van der Waals surface area contributed by atoms with E-state index in [-0.39, 0.29) is 30.9 Å². The predicted molar refractivity (Wildman–Crippen MR) is 108 cm³/mol. The lowest BCUT2D eigenvalue weighted by molar-refractivity contribution is -0.145. The van der Waals surface area contributed by atoms with Gasteiger partial charge in [0, 0.05) is 27.8 Å². The van der Waals surface area contributed by atoms with Crippen LogP contribution in [0.2, 0.25) is 5.02 Å². The number of hydrogen-bond donors (Lipinski definition) is 1. The van der Waals surface area contributed by atoms with Crippen LogP contribution in [0, 0.1) is 0 Å². The number of carbonyl (C=O) groups is 2. The first-order chi connectivity index (χ1) is 13.0. The van der Waals surface area contributed by atoms with Crippen LogP contribution in [-0.2, 0) is 20.9 Å². The topological polar surface area (TPSA) is 68.3 Å². The van der Waals surface area contributed by atoms with Crippen molar-refractivity contribution in [2.45, 2.75) is 26.0 Å². The number of carbonyl (C=O) groups excluding carboxylic acids is 2. The van der Waals surface area contributed by atoms with Gasteiger partial charge in [0.2, 0.25) is 5.91 Å². The van der Waals surface area contributed by atoms with Crippen molar-refractivity contribution in [2.24, 2.45) is 0 Å². The summed E-state index contributed by atoms with van der Waals surface area (Å²) < 4.78 is 5.34. The van der Waals surface area contributed by atoms with E-state index in [1.165, 1.54) is 29.6 Å². The second-order valence-electron chi connectivity index (χ2n) is 5.78. The molecule has 27 heavy (non-hydrogen) atoms. The van der Waals surface area contributed by atoms with Crippen molar-refractivity contribution in [3.05, 3.63) is 62.8 Å². The standard InChI is InChI=1S/C19H17ClN2O3S2/c1-12(23)21-16(17-3-2-8-26-17)9-18(24)25-10-15-11-27-19(22-15)13-4-6-14(20)7-5-13/h2-8,11,16H,9-10H2,1H3,(H,21,23). The summed E-state index contributed by atoms with van der Waals surface area (Å²) in [4.78, 5) is 29.0. The van der Waals surface area contributed by atoms with E-state index in [1.54, 1.807) is 0 Å². The Morgan fingerprint density at radius 1 is 1.22 bits per heavy atom. The van der Waals surface area contributed by atoms with Crippen LogP contribution in [0.3, 0.4) is 0 Å². The van der Waals surface area contributed by atoms with Crippen LogP contribution in [0.25, 0.3) is 10.6 Å². The Bertz CT molecular complexity index is 907. The van der Waals surface area contributed by atoms with E-state index in [2.05, 4.69) is 10.3 Å². The minimum Gasteiger partial charge on any atom is -0.459 e. The molecule has 140 valence electrons. The highest BCUT2D eigenvalue weighted by atomic mass is 35.5. The van der Waals surface area contributed by atoms with Gasteiger partial charge < -0.3 is 10.1 Å². The molecule has 2 aromatic heterocycles. The molecule has 0 saturated heterocycles. The molecule has 0 fully saturated rings. The predicted octanol–water partition coefficient (Wildman–Crippen LogP) is 4.84. The number of nitrogens with zero attached hydrogens (tertiary/aromatic N) is 1. The summed E-state index contributed by atoms with van der Waals surface area (Å²) in [7, 11) is 0. The van der Waals surface area contributed by atoms with E-state index in [0.717, 1.165) is 15.4 Å². The fraction of sp³-hybridized carbons (Fsp3) is 0.211. The van der Waals surface area contributed by atoms with Crippen molar-refractivity contribution >= 4 is 46.2 Å². The largest absolute Gasteiger partial charge is 0.459 e. The molecule has 8 heteroatoms. The number of amides is 1. The average Bonchev–Trinajstić information content (AvgIpc) is 3.32. The van der Waals surface area contributed by atoms with Crippen LogP contribution in [0.4, 0.5) is 0 Å². The molecule has 1 unspecified atom stereocenters. The molecule has 1 atom stereocenters. The molecule has 0 radical (unpaired) electrons. The Balaban J connectivity index is 1.57. The zero-order chi connectivity index (χ0) is 19.2. The second-order valence-corrected chi connectivity index (χ2v) is 8.06. The van der Waals surface area contributed by atoms with E-state index in [9.17, 15) is 9.59 Å². The summed E-state index contributed by atoms with van der Waals surface area (Å²) in [5.74, 6) is -0.573. The third-order valence-corrected chi connectivity index (χ3v) is 5.84. The van der Waals surface area contributed by atoms with E-state index < -0.39 is 0 Å². The number of rotatable bonds is 7. The summed E-state index contributed by atoms with van der Waals surface area (Å²) in [6.07, 6.45) is 0.0777. The van der Waals surface area contributed by atoms with E-state index in [1.807, 2.05) is 47.2 Å². The van der Waals surface area contributed by atoms with Gasteiger partial charge >= 0.3 is 5.97 Å². The first-order valence-corrected chi connectivity index (χ1v) is 10.3. The summed E-state index contributed by atoms with van der Waals surface area (Å²) >= 11 is 8.87. The maximum Gasteiger partial charge on any atom is 0.308 e. The summed E-state index contributed by atoms with van der Waals surface area (Å²) in [5.41, 5.74) is 1.65. The normalized spacial score (nSPS) is 11.8. The van der Waals surface area contributed by atoms with Gasteiger partial charge in [-0.3, -0.25) is 9.59 Å². The zero-order valence-corrected chi connectivity index (χ0v) is 16.9. The Morgan fingerprint density at radius 2 is 2.00 bits per heavy atom. The lowest BCUT2D eigenvalue weighted by atomic mass is 10.1. The molecule has 0 spiro atoms. The quantitative estimate of drug-likeness (QED) is 0.555. The van der Waals surface area contributed by atoms with Crippen LogP contribution < -0.4 is 5.32 Å². The van der Waals surface area contributed by atoms with Crippen molar-refractivity contribution in [3.63, 3.8) is 0 Å². The van der Waals surface area contributed by atoms with Gasteiger partial charge in [0.25, 0.3) is 0 Å². The number of halogens is 1. The molecule has 3 rings (SSSR count). The van der Waals surface area contributed by atoms with Crippen LogP contribution in [0.15, 0.2) is 47.2 Å². The Kier molecular flexibility index (Phi) is 6.60. The molecule has 0 saturated carbocycles. The third-order valence-electron chi connectivity index (χ3n) is 3.66. The van der Waals surface area contributed by atoms with Gasteiger partial charge in [-0.25, -0.2) is 4.98 Å². The monoisotopic (exact) mass is 420 g/mol. The lowest BCUT2D eigenvalue weighted by Gasteiger charge is -2.15. The number of thiophene rings is 1. The molecule has 0 aliphatic carbocycles. The van der Waals surface area contributed by atoms with Crippen LogP contribution in [0.5, 0.6) is 0 Å². The number of ether oxygens (including phenoxy) is 1. The third kappa shape index (κ3) is 5.63. The highest BCUT2D eigenvalue weighted by Gasteiger charge is 2.19. The number of thiazole rings is 1. The number of nitrogens with one attached hydrogen (secondary N) is 1. The molecule has 1 aromatic carbocycles. The summed E-state index contributed by atoms with van der Waals surface area (Å²) in [6, 6.07) is 10.8. The number of aromatic nitrogens is 1. The Morgan fingerprint density at radius 3 is 2.67 bits per heavy atom. The fourth-order valence-corrected chi connectivity index (χ4v) is 4.15. The van der Waals surface area contributed by atoms with Crippen LogP contribution >= 0.6 is 34.3 Å². The van der Waals surface area contributed by atoms with E-state index in [0.29, 0.717) is 10.7 Å². The Hall–Kier alpha value is -2.22. The van der Waals surface area contributed by atoms with Gasteiger partial charge in [-0.05, 0) is 23.6 Å². The van der Waals surface area contributed by atoms with Crippen LogP contribution in [0.1, 0.15) is 30.0 Å². The maximum atomic E-state index is 12.2.